The number of hydrogen-bond acceptors (Lipinski definition) is 7. The SMILES string of the molecule is COc1ccc([C@@H]2CC(c3c(O)n(C)c(=O)[nH]c3=O)=NN2)cc1O. The van der Waals surface area contributed by atoms with Crippen LogP contribution in [-0.4, -0.2) is 32.6 Å². The van der Waals surface area contributed by atoms with Crippen LogP contribution in [0.25, 0.3) is 0 Å². The molecular formula is C15H16N4O5. The summed E-state index contributed by atoms with van der Waals surface area (Å²) in [5.74, 6) is -0.0967. The summed E-state index contributed by atoms with van der Waals surface area (Å²) in [4.78, 5) is 25.6. The number of hydrogen-bond donors (Lipinski definition) is 4. The van der Waals surface area contributed by atoms with E-state index in [1.807, 2.05) is 0 Å². The van der Waals surface area contributed by atoms with Crippen LogP contribution in [0.1, 0.15) is 23.6 Å². The molecular weight excluding hydrogens is 316 g/mol. The van der Waals surface area contributed by atoms with Crippen molar-refractivity contribution in [3.05, 3.63) is 50.2 Å². The number of phenolic OH excluding ortho intramolecular Hbond substituents is 1. The highest BCUT2D eigenvalue weighted by Gasteiger charge is 2.27. The van der Waals surface area contributed by atoms with Crippen molar-refractivity contribution in [3.8, 4) is 17.4 Å². The van der Waals surface area contributed by atoms with E-state index in [4.69, 9.17) is 4.74 Å². The van der Waals surface area contributed by atoms with Crippen LogP contribution < -0.4 is 21.4 Å². The van der Waals surface area contributed by atoms with E-state index in [1.165, 1.54) is 14.2 Å². The Morgan fingerprint density at radius 1 is 1.33 bits per heavy atom. The number of ether oxygens (including phenoxy) is 1. The van der Waals surface area contributed by atoms with Crippen LogP contribution in [0.5, 0.6) is 17.4 Å². The van der Waals surface area contributed by atoms with Crippen molar-refractivity contribution in [1.82, 2.24) is 15.0 Å². The van der Waals surface area contributed by atoms with E-state index in [-0.39, 0.29) is 17.4 Å². The third-order valence-corrected chi connectivity index (χ3v) is 3.94. The van der Waals surface area contributed by atoms with Crippen molar-refractivity contribution in [3.63, 3.8) is 0 Å². The molecule has 1 aliphatic rings. The molecule has 126 valence electrons. The van der Waals surface area contributed by atoms with E-state index in [2.05, 4.69) is 15.5 Å². The number of hydrazone groups is 1. The smallest absolute Gasteiger partial charge is 0.330 e. The zero-order chi connectivity index (χ0) is 17.4. The number of methoxy groups -OCH3 is 1. The molecule has 2 aromatic rings. The minimum absolute atomic E-state index is 0.00643. The predicted molar refractivity (Wildman–Crippen MR) is 85.7 cm³/mol. The first kappa shape index (κ1) is 15.7. The molecule has 1 aliphatic heterocycles. The van der Waals surface area contributed by atoms with Crippen LogP contribution in [0, 0.1) is 0 Å². The van der Waals surface area contributed by atoms with Gasteiger partial charge in [0.1, 0.15) is 5.56 Å². The first-order chi connectivity index (χ1) is 11.4. The van der Waals surface area contributed by atoms with E-state index in [1.54, 1.807) is 18.2 Å². The zero-order valence-corrected chi connectivity index (χ0v) is 13.0. The lowest BCUT2D eigenvalue weighted by molar-refractivity contribution is 0.372. The largest absolute Gasteiger partial charge is 0.504 e. The minimum Gasteiger partial charge on any atom is -0.504 e. The van der Waals surface area contributed by atoms with Crippen LogP contribution in [0.4, 0.5) is 0 Å². The van der Waals surface area contributed by atoms with E-state index in [9.17, 15) is 19.8 Å². The van der Waals surface area contributed by atoms with E-state index in [0.717, 1.165) is 10.1 Å². The van der Waals surface area contributed by atoms with Crippen molar-refractivity contribution < 1.29 is 14.9 Å². The molecule has 0 saturated carbocycles. The second-order valence-corrected chi connectivity index (χ2v) is 5.39. The highest BCUT2D eigenvalue weighted by Crippen LogP contribution is 2.32. The normalized spacial score (nSPS) is 16.6. The lowest BCUT2D eigenvalue weighted by Crippen LogP contribution is -2.32. The monoisotopic (exact) mass is 332 g/mol. The summed E-state index contributed by atoms with van der Waals surface area (Å²) in [6.45, 7) is 0. The molecule has 0 bridgehead atoms. The van der Waals surface area contributed by atoms with Gasteiger partial charge in [-0.25, -0.2) is 4.79 Å². The lowest BCUT2D eigenvalue weighted by atomic mass is 9.99. The molecule has 3 rings (SSSR count). The maximum absolute atomic E-state index is 12.0. The van der Waals surface area contributed by atoms with Crippen molar-refractivity contribution in [2.75, 3.05) is 7.11 Å². The zero-order valence-electron chi connectivity index (χ0n) is 13.0. The molecule has 1 aromatic heterocycles. The summed E-state index contributed by atoms with van der Waals surface area (Å²) >= 11 is 0. The second kappa shape index (κ2) is 5.76. The molecule has 1 atom stereocenters. The number of H-pyrrole nitrogens is 1. The van der Waals surface area contributed by atoms with Gasteiger partial charge in [0, 0.05) is 13.5 Å². The maximum atomic E-state index is 12.0. The number of benzene rings is 1. The molecule has 1 aromatic carbocycles. The number of aromatic amines is 1. The number of aromatic nitrogens is 2. The average molecular weight is 332 g/mol. The third-order valence-electron chi connectivity index (χ3n) is 3.94. The highest BCUT2D eigenvalue weighted by molar-refractivity contribution is 6.03. The van der Waals surface area contributed by atoms with Crippen LogP contribution in [-0.2, 0) is 7.05 Å². The van der Waals surface area contributed by atoms with Gasteiger partial charge in [0.05, 0.1) is 18.9 Å². The quantitative estimate of drug-likeness (QED) is 0.623. The first-order valence-corrected chi connectivity index (χ1v) is 7.14. The fourth-order valence-electron chi connectivity index (χ4n) is 2.58. The van der Waals surface area contributed by atoms with Crippen molar-refractivity contribution in [2.24, 2.45) is 12.1 Å². The Morgan fingerprint density at radius 2 is 2.08 bits per heavy atom. The molecule has 0 aliphatic carbocycles. The summed E-state index contributed by atoms with van der Waals surface area (Å²) in [6, 6.07) is 4.65. The highest BCUT2D eigenvalue weighted by atomic mass is 16.5. The van der Waals surface area contributed by atoms with Crippen LogP contribution in [0.3, 0.4) is 0 Å². The number of nitrogens with one attached hydrogen (secondary N) is 2. The van der Waals surface area contributed by atoms with Gasteiger partial charge in [-0.15, -0.1) is 0 Å². The van der Waals surface area contributed by atoms with Crippen LogP contribution in [0.15, 0.2) is 32.9 Å². The Labute approximate surface area is 135 Å². The Bertz CT molecular complexity index is 944. The summed E-state index contributed by atoms with van der Waals surface area (Å²) in [5.41, 5.74) is 2.47. The van der Waals surface area contributed by atoms with Crippen molar-refractivity contribution in [2.45, 2.75) is 12.5 Å². The third kappa shape index (κ3) is 2.49. The summed E-state index contributed by atoms with van der Waals surface area (Å²) < 4.78 is 5.94. The maximum Gasteiger partial charge on any atom is 0.330 e. The molecule has 9 heteroatoms. The molecule has 0 fully saturated rings. The van der Waals surface area contributed by atoms with Gasteiger partial charge >= 0.3 is 5.69 Å². The van der Waals surface area contributed by atoms with Gasteiger partial charge < -0.3 is 20.4 Å². The number of nitrogens with zero attached hydrogens (tertiary/aromatic N) is 2. The summed E-state index contributed by atoms with van der Waals surface area (Å²) in [6.07, 6.45) is 0.306. The van der Waals surface area contributed by atoms with Gasteiger partial charge in [-0.05, 0) is 17.7 Å². The minimum atomic E-state index is -0.704. The number of rotatable bonds is 3. The molecule has 0 radical (unpaired) electrons. The Hall–Kier alpha value is -3.23. The van der Waals surface area contributed by atoms with Crippen LogP contribution in [0.2, 0.25) is 0 Å². The topological polar surface area (TPSA) is 129 Å². The Balaban J connectivity index is 1.91. The predicted octanol–water partition coefficient (Wildman–Crippen LogP) is -0.0679. The number of phenols is 1. The summed E-state index contributed by atoms with van der Waals surface area (Å²) in [7, 11) is 2.80. The van der Waals surface area contributed by atoms with Crippen molar-refractivity contribution in [1.29, 1.82) is 0 Å². The van der Waals surface area contributed by atoms with E-state index in [0.29, 0.717) is 17.9 Å². The fourth-order valence-corrected chi connectivity index (χ4v) is 2.58. The van der Waals surface area contributed by atoms with Gasteiger partial charge in [0.2, 0.25) is 5.88 Å². The van der Waals surface area contributed by atoms with Gasteiger partial charge in [0.15, 0.2) is 11.5 Å². The standard InChI is InChI=1S/C15H16N4O5/c1-19-14(22)12(13(21)16-15(19)23)9-6-8(17-18-9)7-3-4-11(24-2)10(20)5-7/h3-5,8,17,20,22H,6H2,1-2H3,(H,16,21,23)/t8-/m0/s1. The first-order valence-electron chi connectivity index (χ1n) is 7.14. The Kier molecular flexibility index (Phi) is 3.76. The van der Waals surface area contributed by atoms with Gasteiger partial charge in [-0.3, -0.25) is 14.3 Å². The molecule has 0 amide bonds. The van der Waals surface area contributed by atoms with Crippen molar-refractivity contribution >= 4 is 5.71 Å². The Morgan fingerprint density at radius 3 is 2.75 bits per heavy atom. The van der Waals surface area contributed by atoms with Gasteiger partial charge in [-0.1, -0.05) is 6.07 Å². The average Bonchev–Trinajstić information content (AvgIpc) is 3.02. The van der Waals surface area contributed by atoms with Crippen LogP contribution >= 0.6 is 0 Å². The molecule has 9 nitrogen and oxygen atoms in total. The molecule has 0 unspecified atom stereocenters. The summed E-state index contributed by atoms with van der Waals surface area (Å²) in [5, 5.41) is 24.0. The molecule has 24 heavy (non-hydrogen) atoms. The van der Waals surface area contributed by atoms with E-state index < -0.39 is 17.1 Å². The molecule has 0 saturated heterocycles. The molecule has 4 N–H and O–H groups in total. The lowest BCUT2D eigenvalue weighted by Gasteiger charge is -2.12. The fraction of sp³-hybridized carbons (Fsp3) is 0.267. The molecule has 2 heterocycles. The van der Waals surface area contributed by atoms with Gasteiger partial charge in [0.25, 0.3) is 5.56 Å². The van der Waals surface area contributed by atoms with E-state index >= 15 is 0 Å². The van der Waals surface area contributed by atoms with Gasteiger partial charge in [-0.2, -0.15) is 5.10 Å². The molecule has 0 spiro atoms. The number of aromatic hydroxyl groups is 2. The second-order valence-electron chi connectivity index (χ2n) is 5.39.